The summed E-state index contributed by atoms with van der Waals surface area (Å²) < 4.78 is 0. The van der Waals surface area contributed by atoms with E-state index in [0.717, 1.165) is 37.0 Å². The quantitative estimate of drug-likeness (QED) is 0.779. The molecule has 5 rings (SSSR count). The van der Waals surface area contributed by atoms with Gasteiger partial charge in [-0.15, -0.1) is 11.8 Å². The second-order valence-electron chi connectivity index (χ2n) is 7.69. The first-order valence-corrected chi connectivity index (χ1v) is 9.51. The van der Waals surface area contributed by atoms with Crippen LogP contribution in [0.2, 0.25) is 0 Å². The molecule has 0 spiro atoms. The maximum Gasteiger partial charge on any atom is 0.149 e. The highest BCUT2D eigenvalue weighted by Gasteiger charge is 2.53. The maximum absolute atomic E-state index is 13.0. The number of hydrogen-bond acceptors (Lipinski definition) is 4. The number of carboxylic acids is 1. The fourth-order valence-corrected chi connectivity index (χ4v) is 6.58. The van der Waals surface area contributed by atoms with Gasteiger partial charge < -0.3 is 9.90 Å². The molecule has 0 aliphatic heterocycles. The third-order valence-corrected chi connectivity index (χ3v) is 7.17. The Balaban J connectivity index is 1.48. The summed E-state index contributed by atoms with van der Waals surface area (Å²) in [5.41, 5.74) is 0.0915. The van der Waals surface area contributed by atoms with E-state index in [2.05, 4.69) is 0 Å². The van der Waals surface area contributed by atoms with Crippen LogP contribution in [0.15, 0.2) is 29.2 Å². The number of aromatic carboxylic acids is 1. The first-order chi connectivity index (χ1) is 11.1. The van der Waals surface area contributed by atoms with E-state index in [4.69, 9.17) is 0 Å². The molecule has 0 aromatic heterocycles. The first-order valence-electron chi connectivity index (χ1n) is 8.52. The van der Waals surface area contributed by atoms with E-state index in [1.54, 1.807) is 18.2 Å². The van der Waals surface area contributed by atoms with Crippen LogP contribution in [0.25, 0.3) is 0 Å². The summed E-state index contributed by atoms with van der Waals surface area (Å²) in [5, 5.41) is 11.2. The van der Waals surface area contributed by atoms with Crippen LogP contribution in [0.1, 0.15) is 48.9 Å². The van der Waals surface area contributed by atoms with Crippen LogP contribution in [0.4, 0.5) is 0 Å². The third-order valence-electron chi connectivity index (χ3n) is 6.10. The zero-order valence-corrected chi connectivity index (χ0v) is 13.9. The summed E-state index contributed by atoms with van der Waals surface area (Å²) in [7, 11) is 0. The van der Waals surface area contributed by atoms with Crippen LogP contribution in [0.3, 0.4) is 0 Å². The van der Waals surface area contributed by atoms with E-state index in [0.29, 0.717) is 16.4 Å². The maximum atomic E-state index is 13.0. The molecular formula is C19H21O3S-. The lowest BCUT2D eigenvalue weighted by Crippen LogP contribution is -2.50. The first kappa shape index (κ1) is 15.3. The Labute approximate surface area is 140 Å². The minimum absolute atomic E-state index is 0.0990. The SMILES string of the molecule is O=C([O-])c1ccccc1SCC(=O)C12CC3CC(CC(C3)C1)C2. The van der Waals surface area contributed by atoms with Gasteiger partial charge in [-0.2, -0.15) is 0 Å². The smallest absolute Gasteiger partial charge is 0.149 e. The van der Waals surface area contributed by atoms with Gasteiger partial charge in [0.05, 0.1) is 11.7 Å². The zero-order chi connectivity index (χ0) is 16.0. The molecule has 0 amide bonds. The molecule has 1 aromatic carbocycles. The molecule has 0 N–H and O–H groups in total. The van der Waals surface area contributed by atoms with E-state index >= 15 is 0 Å². The molecule has 0 radical (unpaired) electrons. The Morgan fingerprint density at radius 1 is 1.04 bits per heavy atom. The number of carboxylic acid groups (broad SMARTS) is 1. The number of carbonyl (C=O) groups is 2. The summed E-state index contributed by atoms with van der Waals surface area (Å²) in [6.07, 6.45) is 7.19. The fourth-order valence-electron chi connectivity index (χ4n) is 5.51. The van der Waals surface area contributed by atoms with Crippen molar-refractivity contribution < 1.29 is 14.7 Å². The van der Waals surface area contributed by atoms with E-state index in [9.17, 15) is 14.7 Å². The average Bonchev–Trinajstić information content (AvgIpc) is 2.51. The van der Waals surface area contributed by atoms with Crippen molar-refractivity contribution in [2.45, 2.75) is 43.4 Å². The van der Waals surface area contributed by atoms with Gasteiger partial charge in [-0.05, 0) is 62.3 Å². The predicted molar refractivity (Wildman–Crippen MR) is 87.1 cm³/mol. The summed E-state index contributed by atoms with van der Waals surface area (Å²) in [5.74, 6) is 1.82. The van der Waals surface area contributed by atoms with Crippen LogP contribution in [-0.4, -0.2) is 17.5 Å². The molecule has 23 heavy (non-hydrogen) atoms. The molecule has 0 heterocycles. The van der Waals surface area contributed by atoms with Crippen molar-refractivity contribution in [2.75, 3.05) is 5.75 Å². The van der Waals surface area contributed by atoms with Gasteiger partial charge >= 0.3 is 0 Å². The van der Waals surface area contributed by atoms with Gasteiger partial charge in [-0.25, -0.2) is 0 Å². The monoisotopic (exact) mass is 329 g/mol. The highest BCUT2D eigenvalue weighted by molar-refractivity contribution is 8.00. The topological polar surface area (TPSA) is 57.2 Å². The van der Waals surface area contributed by atoms with Gasteiger partial charge in [-0.1, -0.05) is 18.2 Å². The van der Waals surface area contributed by atoms with Crippen LogP contribution in [0, 0.1) is 23.2 Å². The Hall–Kier alpha value is -1.29. The van der Waals surface area contributed by atoms with Crippen LogP contribution in [-0.2, 0) is 4.79 Å². The third kappa shape index (κ3) is 2.71. The standard InChI is InChI=1S/C19H22O3S/c20-17(11-23-16-4-2-1-3-15(16)18(21)22)19-8-12-5-13(9-19)7-14(6-12)10-19/h1-4,12-14H,5-11H2,(H,21,22)/p-1. The molecule has 4 heteroatoms. The van der Waals surface area contributed by atoms with Gasteiger partial charge in [0.1, 0.15) is 5.78 Å². The minimum atomic E-state index is -1.17. The van der Waals surface area contributed by atoms with Gasteiger partial charge in [-0.3, -0.25) is 4.79 Å². The number of Topliss-reactive ketones (excluding diaryl/α,β-unsaturated/α-hetero) is 1. The van der Waals surface area contributed by atoms with Gasteiger partial charge in [0.15, 0.2) is 0 Å². The second-order valence-corrected chi connectivity index (χ2v) is 8.71. The van der Waals surface area contributed by atoms with Crippen LogP contribution >= 0.6 is 11.8 Å². The van der Waals surface area contributed by atoms with Crippen molar-refractivity contribution >= 4 is 23.5 Å². The van der Waals surface area contributed by atoms with Gasteiger partial charge in [0.2, 0.25) is 0 Å². The summed E-state index contributed by atoms with van der Waals surface area (Å²) >= 11 is 1.36. The zero-order valence-electron chi connectivity index (χ0n) is 13.1. The molecule has 4 fully saturated rings. The van der Waals surface area contributed by atoms with Crippen molar-refractivity contribution in [3.05, 3.63) is 29.8 Å². The predicted octanol–water partition coefficient (Wildman–Crippen LogP) is 2.93. The molecule has 0 atom stereocenters. The number of ketones is 1. The van der Waals surface area contributed by atoms with Crippen LogP contribution in [0.5, 0.6) is 0 Å². The molecule has 4 saturated carbocycles. The number of hydrogen-bond donors (Lipinski definition) is 0. The van der Waals surface area contributed by atoms with E-state index < -0.39 is 5.97 Å². The van der Waals surface area contributed by atoms with Crippen LogP contribution < -0.4 is 5.11 Å². The van der Waals surface area contributed by atoms with Crippen molar-refractivity contribution in [3.8, 4) is 0 Å². The molecule has 1 aromatic rings. The number of carbonyl (C=O) groups excluding carboxylic acids is 2. The molecule has 3 nitrogen and oxygen atoms in total. The summed E-state index contributed by atoms with van der Waals surface area (Å²) in [6.45, 7) is 0. The molecule has 0 unspecified atom stereocenters. The second kappa shape index (κ2) is 5.66. The largest absolute Gasteiger partial charge is 0.545 e. The molecule has 122 valence electrons. The lowest BCUT2D eigenvalue weighted by atomic mass is 9.48. The Morgan fingerprint density at radius 2 is 1.61 bits per heavy atom. The van der Waals surface area contributed by atoms with E-state index in [-0.39, 0.29) is 11.0 Å². The minimum Gasteiger partial charge on any atom is -0.545 e. The average molecular weight is 329 g/mol. The normalized spacial score (nSPS) is 34.5. The number of rotatable bonds is 5. The lowest BCUT2D eigenvalue weighted by Gasteiger charge is -2.56. The number of thioether (sulfide) groups is 1. The van der Waals surface area contributed by atoms with Crippen molar-refractivity contribution in [1.82, 2.24) is 0 Å². The fraction of sp³-hybridized carbons (Fsp3) is 0.579. The number of benzene rings is 1. The molecule has 0 saturated heterocycles. The van der Waals surface area contributed by atoms with Gasteiger partial charge in [0.25, 0.3) is 0 Å². The summed E-state index contributed by atoms with van der Waals surface area (Å²) in [6, 6.07) is 6.82. The van der Waals surface area contributed by atoms with Crippen molar-refractivity contribution in [2.24, 2.45) is 23.2 Å². The molecule has 4 aliphatic carbocycles. The van der Waals surface area contributed by atoms with Gasteiger partial charge in [0, 0.05) is 15.9 Å². The Morgan fingerprint density at radius 3 is 2.17 bits per heavy atom. The van der Waals surface area contributed by atoms with E-state index in [1.807, 2.05) is 6.07 Å². The highest BCUT2D eigenvalue weighted by atomic mass is 32.2. The summed E-state index contributed by atoms with van der Waals surface area (Å²) in [4.78, 5) is 24.8. The van der Waals surface area contributed by atoms with Crippen molar-refractivity contribution in [3.63, 3.8) is 0 Å². The Kier molecular flexibility index (Phi) is 3.75. The lowest BCUT2D eigenvalue weighted by molar-refractivity contribution is -0.255. The highest BCUT2D eigenvalue weighted by Crippen LogP contribution is 2.60. The molecule has 4 aliphatic rings. The molecular weight excluding hydrogens is 308 g/mol. The van der Waals surface area contributed by atoms with E-state index in [1.165, 1.54) is 31.0 Å². The van der Waals surface area contributed by atoms with Crippen molar-refractivity contribution in [1.29, 1.82) is 0 Å². The molecule has 4 bridgehead atoms. The Bertz CT molecular complexity index is 616.